The molecule has 132 valence electrons. The summed E-state index contributed by atoms with van der Waals surface area (Å²) >= 11 is 0. The molecule has 0 atom stereocenters. The van der Waals surface area contributed by atoms with E-state index < -0.39 is 0 Å². The Morgan fingerprint density at radius 1 is 1.17 bits per heavy atom. The summed E-state index contributed by atoms with van der Waals surface area (Å²) in [6.07, 6.45) is 4.51. The van der Waals surface area contributed by atoms with Gasteiger partial charge in [-0.15, -0.1) is 0 Å². The number of rotatable bonds is 6. The predicted molar refractivity (Wildman–Crippen MR) is 93.3 cm³/mol. The number of hydrogen-bond acceptors (Lipinski definition) is 5. The summed E-state index contributed by atoms with van der Waals surface area (Å²) in [6, 6.07) is 5.81. The predicted octanol–water partition coefficient (Wildman–Crippen LogP) is 3.21. The molecule has 0 bridgehead atoms. The van der Waals surface area contributed by atoms with Gasteiger partial charge in [0.1, 0.15) is 0 Å². The highest BCUT2D eigenvalue weighted by Crippen LogP contribution is 2.30. The fourth-order valence-electron chi connectivity index (χ4n) is 3.31. The van der Waals surface area contributed by atoms with Crippen molar-refractivity contribution >= 4 is 17.6 Å². The van der Waals surface area contributed by atoms with Gasteiger partial charge in [-0.25, -0.2) is 4.79 Å². The SMILES string of the molecule is CCCCc1c(C(=O)OC)cccc1N1CCC(C(=O)OC)CC1. The molecule has 1 aromatic carbocycles. The van der Waals surface area contributed by atoms with Crippen LogP contribution in [0.25, 0.3) is 0 Å². The van der Waals surface area contributed by atoms with Crippen molar-refractivity contribution in [2.45, 2.75) is 39.0 Å². The van der Waals surface area contributed by atoms with E-state index in [0.717, 1.165) is 56.4 Å². The van der Waals surface area contributed by atoms with Crippen LogP contribution in [0.2, 0.25) is 0 Å². The van der Waals surface area contributed by atoms with Gasteiger partial charge in [0.15, 0.2) is 0 Å². The van der Waals surface area contributed by atoms with Gasteiger partial charge in [-0.2, -0.15) is 0 Å². The second-order valence-corrected chi connectivity index (χ2v) is 6.18. The van der Waals surface area contributed by atoms with E-state index in [-0.39, 0.29) is 17.9 Å². The zero-order valence-electron chi connectivity index (χ0n) is 14.8. The van der Waals surface area contributed by atoms with E-state index in [9.17, 15) is 9.59 Å². The Morgan fingerprint density at radius 2 is 1.88 bits per heavy atom. The van der Waals surface area contributed by atoms with Crippen LogP contribution in [0.1, 0.15) is 48.5 Å². The van der Waals surface area contributed by atoms with E-state index in [2.05, 4.69) is 17.9 Å². The average Bonchev–Trinajstić information content (AvgIpc) is 2.64. The summed E-state index contributed by atoms with van der Waals surface area (Å²) in [6.45, 7) is 3.73. The number of hydrogen-bond donors (Lipinski definition) is 0. The van der Waals surface area contributed by atoms with Gasteiger partial charge in [-0.05, 0) is 43.4 Å². The van der Waals surface area contributed by atoms with E-state index >= 15 is 0 Å². The first kappa shape index (κ1) is 18.3. The fraction of sp³-hybridized carbons (Fsp3) is 0.579. The van der Waals surface area contributed by atoms with Crippen molar-refractivity contribution in [1.82, 2.24) is 0 Å². The summed E-state index contributed by atoms with van der Waals surface area (Å²) in [5.41, 5.74) is 2.80. The van der Waals surface area contributed by atoms with E-state index in [4.69, 9.17) is 9.47 Å². The Kier molecular flexibility index (Phi) is 6.64. The highest BCUT2D eigenvalue weighted by atomic mass is 16.5. The quantitative estimate of drug-likeness (QED) is 0.748. The van der Waals surface area contributed by atoms with Gasteiger partial charge < -0.3 is 14.4 Å². The third-order valence-electron chi connectivity index (χ3n) is 4.71. The first-order valence-corrected chi connectivity index (χ1v) is 8.65. The van der Waals surface area contributed by atoms with Gasteiger partial charge in [0.05, 0.1) is 25.7 Å². The molecule has 0 saturated carbocycles. The Bertz CT molecular complexity index is 577. The van der Waals surface area contributed by atoms with Crippen LogP contribution in [0, 0.1) is 5.92 Å². The molecule has 0 aliphatic carbocycles. The van der Waals surface area contributed by atoms with Gasteiger partial charge in [0.2, 0.25) is 0 Å². The molecule has 0 amide bonds. The smallest absolute Gasteiger partial charge is 0.338 e. The summed E-state index contributed by atoms with van der Waals surface area (Å²) in [7, 11) is 2.86. The monoisotopic (exact) mass is 333 g/mol. The van der Waals surface area contributed by atoms with Gasteiger partial charge in [0.25, 0.3) is 0 Å². The normalized spacial score (nSPS) is 15.2. The number of anilines is 1. The van der Waals surface area contributed by atoms with Crippen molar-refractivity contribution in [2.75, 3.05) is 32.2 Å². The lowest BCUT2D eigenvalue weighted by Gasteiger charge is -2.34. The summed E-state index contributed by atoms with van der Waals surface area (Å²) in [5.74, 6) is -0.425. The largest absolute Gasteiger partial charge is 0.469 e. The number of unbranched alkanes of at least 4 members (excludes halogenated alkanes) is 1. The second-order valence-electron chi connectivity index (χ2n) is 6.18. The molecule has 1 heterocycles. The van der Waals surface area contributed by atoms with E-state index in [1.807, 2.05) is 12.1 Å². The molecule has 0 radical (unpaired) electrons. The molecule has 1 aliphatic heterocycles. The van der Waals surface area contributed by atoms with Crippen molar-refractivity contribution < 1.29 is 19.1 Å². The Balaban J connectivity index is 2.23. The number of carbonyl (C=O) groups is 2. The van der Waals surface area contributed by atoms with Crippen molar-refractivity contribution in [3.8, 4) is 0 Å². The Labute approximate surface area is 143 Å². The standard InChI is InChI=1S/C19H27NO4/c1-4-5-7-15-16(19(22)24-3)8-6-9-17(15)20-12-10-14(11-13-20)18(21)23-2/h6,8-9,14H,4-5,7,10-13H2,1-3H3. The molecule has 1 fully saturated rings. The molecule has 0 spiro atoms. The molecule has 1 aromatic rings. The molecular weight excluding hydrogens is 306 g/mol. The molecule has 5 heteroatoms. The minimum atomic E-state index is -0.285. The van der Waals surface area contributed by atoms with Gasteiger partial charge >= 0.3 is 11.9 Å². The lowest BCUT2D eigenvalue weighted by Crippen LogP contribution is -2.37. The van der Waals surface area contributed by atoms with Crippen LogP contribution in [-0.4, -0.2) is 39.2 Å². The third-order valence-corrected chi connectivity index (χ3v) is 4.71. The minimum Gasteiger partial charge on any atom is -0.469 e. The molecule has 0 unspecified atom stereocenters. The zero-order chi connectivity index (χ0) is 17.5. The Morgan fingerprint density at radius 3 is 2.46 bits per heavy atom. The van der Waals surface area contributed by atoms with Gasteiger partial charge in [-0.1, -0.05) is 19.4 Å². The molecular formula is C19H27NO4. The lowest BCUT2D eigenvalue weighted by molar-refractivity contribution is -0.146. The van der Waals surface area contributed by atoms with Crippen molar-refractivity contribution in [3.05, 3.63) is 29.3 Å². The van der Waals surface area contributed by atoms with E-state index in [1.54, 1.807) is 0 Å². The first-order valence-electron chi connectivity index (χ1n) is 8.65. The number of ether oxygens (including phenoxy) is 2. The van der Waals surface area contributed by atoms with E-state index in [1.165, 1.54) is 14.2 Å². The van der Waals surface area contributed by atoms with Crippen LogP contribution in [0.5, 0.6) is 0 Å². The Hall–Kier alpha value is -2.04. The van der Waals surface area contributed by atoms with Crippen molar-refractivity contribution in [2.24, 2.45) is 5.92 Å². The van der Waals surface area contributed by atoms with Gasteiger partial charge in [0, 0.05) is 18.8 Å². The summed E-state index contributed by atoms with van der Waals surface area (Å²) < 4.78 is 9.80. The number of carbonyl (C=O) groups excluding carboxylic acids is 2. The lowest BCUT2D eigenvalue weighted by atomic mass is 9.94. The van der Waals surface area contributed by atoms with Crippen LogP contribution < -0.4 is 4.90 Å². The van der Waals surface area contributed by atoms with E-state index in [0.29, 0.717) is 5.56 Å². The van der Waals surface area contributed by atoms with Gasteiger partial charge in [-0.3, -0.25) is 4.79 Å². The zero-order valence-corrected chi connectivity index (χ0v) is 14.8. The average molecular weight is 333 g/mol. The molecule has 24 heavy (non-hydrogen) atoms. The second kappa shape index (κ2) is 8.71. The first-order chi connectivity index (χ1) is 11.6. The topological polar surface area (TPSA) is 55.8 Å². The molecule has 2 rings (SSSR count). The van der Waals surface area contributed by atoms with Crippen molar-refractivity contribution in [1.29, 1.82) is 0 Å². The number of esters is 2. The number of methoxy groups -OCH3 is 2. The maximum atomic E-state index is 12.1. The maximum absolute atomic E-state index is 12.1. The molecule has 1 aliphatic rings. The number of nitrogens with zero attached hydrogens (tertiary/aromatic N) is 1. The molecule has 5 nitrogen and oxygen atoms in total. The molecule has 0 N–H and O–H groups in total. The van der Waals surface area contributed by atoms with Crippen LogP contribution in [0.15, 0.2) is 18.2 Å². The third kappa shape index (κ3) is 4.08. The number of piperidine rings is 1. The highest BCUT2D eigenvalue weighted by molar-refractivity contribution is 5.93. The van der Waals surface area contributed by atoms with Crippen LogP contribution in [0.4, 0.5) is 5.69 Å². The highest BCUT2D eigenvalue weighted by Gasteiger charge is 2.27. The van der Waals surface area contributed by atoms with Crippen LogP contribution >= 0.6 is 0 Å². The van der Waals surface area contributed by atoms with Crippen LogP contribution in [0.3, 0.4) is 0 Å². The van der Waals surface area contributed by atoms with Crippen LogP contribution in [-0.2, 0) is 20.7 Å². The summed E-state index contributed by atoms with van der Waals surface area (Å²) in [4.78, 5) is 26.1. The maximum Gasteiger partial charge on any atom is 0.338 e. The fourth-order valence-corrected chi connectivity index (χ4v) is 3.31. The summed E-state index contributed by atoms with van der Waals surface area (Å²) in [5, 5.41) is 0. The molecule has 1 saturated heterocycles. The van der Waals surface area contributed by atoms with Crippen molar-refractivity contribution in [3.63, 3.8) is 0 Å². The number of benzene rings is 1. The minimum absolute atomic E-state index is 0.0193. The molecule has 0 aromatic heterocycles.